The van der Waals surface area contributed by atoms with Gasteiger partial charge in [-0.1, -0.05) is 6.07 Å². The van der Waals surface area contributed by atoms with E-state index < -0.39 is 23.3 Å². The smallest absolute Gasteiger partial charge is 0.352 e. The number of rotatable bonds is 5. The van der Waals surface area contributed by atoms with Crippen molar-refractivity contribution >= 4 is 17.7 Å². The van der Waals surface area contributed by atoms with Gasteiger partial charge in [-0.15, -0.1) is 0 Å². The SMILES string of the molecule is CCOC(=O)/C(C#N)=C(\O)c1cccc(OC)c1OC(C)=O. The summed E-state index contributed by atoms with van der Waals surface area (Å²) in [4.78, 5) is 22.9. The molecule has 0 bridgehead atoms. The number of methoxy groups -OCH3 is 1. The fourth-order valence-electron chi connectivity index (χ4n) is 1.65. The van der Waals surface area contributed by atoms with Gasteiger partial charge in [0.15, 0.2) is 22.8 Å². The summed E-state index contributed by atoms with van der Waals surface area (Å²) < 4.78 is 14.7. The number of nitriles is 1. The summed E-state index contributed by atoms with van der Waals surface area (Å²) in [5, 5.41) is 19.2. The summed E-state index contributed by atoms with van der Waals surface area (Å²) >= 11 is 0. The fraction of sp³-hybridized carbons (Fsp3) is 0.267. The maximum absolute atomic E-state index is 11.7. The van der Waals surface area contributed by atoms with Crippen molar-refractivity contribution in [2.75, 3.05) is 13.7 Å². The molecule has 1 aromatic carbocycles. The molecule has 0 aromatic heterocycles. The molecule has 0 radical (unpaired) electrons. The first-order valence-electron chi connectivity index (χ1n) is 6.32. The van der Waals surface area contributed by atoms with Crippen LogP contribution >= 0.6 is 0 Å². The highest BCUT2D eigenvalue weighted by molar-refractivity contribution is 6.00. The van der Waals surface area contributed by atoms with Crippen molar-refractivity contribution in [3.8, 4) is 17.6 Å². The van der Waals surface area contributed by atoms with Crippen LogP contribution in [0.5, 0.6) is 11.5 Å². The molecule has 116 valence electrons. The van der Waals surface area contributed by atoms with Gasteiger partial charge in [0.05, 0.1) is 19.3 Å². The number of aliphatic hydroxyl groups is 1. The molecule has 1 aromatic rings. The van der Waals surface area contributed by atoms with Crippen LogP contribution in [0, 0.1) is 11.3 Å². The Labute approximate surface area is 127 Å². The molecule has 7 heteroatoms. The van der Waals surface area contributed by atoms with Crippen LogP contribution in [0.25, 0.3) is 5.76 Å². The van der Waals surface area contributed by atoms with Crippen LogP contribution in [0.2, 0.25) is 0 Å². The Balaban J connectivity index is 3.50. The average molecular weight is 305 g/mol. The van der Waals surface area contributed by atoms with Gasteiger partial charge in [-0.05, 0) is 19.1 Å². The minimum Gasteiger partial charge on any atom is -0.506 e. The van der Waals surface area contributed by atoms with Gasteiger partial charge in [-0.2, -0.15) is 5.26 Å². The zero-order valence-corrected chi connectivity index (χ0v) is 12.4. The van der Waals surface area contributed by atoms with Gasteiger partial charge >= 0.3 is 11.9 Å². The van der Waals surface area contributed by atoms with Crippen molar-refractivity contribution in [3.63, 3.8) is 0 Å². The van der Waals surface area contributed by atoms with E-state index in [1.807, 2.05) is 0 Å². The summed E-state index contributed by atoms with van der Waals surface area (Å²) in [6.45, 7) is 2.79. The van der Waals surface area contributed by atoms with E-state index in [-0.39, 0.29) is 23.7 Å². The summed E-state index contributed by atoms with van der Waals surface area (Å²) in [6, 6.07) is 5.98. The highest BCUT2D eigenvalue weighted by atomic mass is 16.6. The topological polar surface area (TPSA) is 106 Å². The number of para-hydroxylation sites is 1. The second-order valence-electron chi connectivity index (χ2n) is 3.99. The molecule has 0 unspecified atom stereocenters. The van der Waals surface area contributed by atoms with Gasteiger partial charge < -0.3 is 19.3 Å². The predicted molar refractivity (Wildman–Crippen MR) is 76.1 cm³/mol. The quantitative estimate of drug-likeness (QED) is 0.291. The van der Waals surface area contributed by atoms with Crippen LogP contribution in [0.1, 0.15) is 19.4 Å². The molecule has 0 heterocycles. The Morgan fingerprint density at radius 2 is 2.05 bits per heavy atom. The predicted octanol–water partition coefficient (Wildman–Crippen LogP) is 1.98. The maximum Gasteiger partial charge on any atom is 0.352 e. The van der Waals surface area contributed by atoms with E-state index in [2.05, 4.69) is 0 Å². The molecule has 0 saturated carbocycles. The van der Waals surface area contributed by atoms with Crippen molar-refractivity contribution in [1.29, 1.82) is 5.26 Å². The van der Waals surface area contributed by atoms with Gasteiger partial charge in [0, 0.05) is 6.92 Å². The van der Waals surface area contributed by atoms with Crippen molar-refractivity contribution in [2.24, 2.45) is 0 Å². The minimum absolute atomic E-state index is 0.0286. The average Bonchev–Trinajstić information content (AvgIpc) is 2.47. The molecule has 22 heavy (non-hydrogen) atoms. The molecule has 0 fully saturated rings. The lowest BCUT2D eigenvalue weighted by Gasteiger charge is -2.13. The van der Waals surface area contributed by atoms with Crippen molar-refractivity contribution in [3.05, 3.63) is 29.3 Å². The highest BCUT2D eigenvalue weighted by Crippen LogP contribution is 2.35. The van der Waals surface area contributed by atoms with Crippen LogP contribution in [0.4, 0.5) is 0 Å². The van der Waals surface area contributed by atoms with Gasteiger partial charge in [-0.25, -0.2) is 4.79 Å². The van der Waals surface area contributed by atoms with Crippen LogP contribution in [-0.4, -0.2) is 30.8 Å². The van der Waals surface area contributed by atoms with E-state index in [4.69, 9.17) is 19.5 Å². The molecule has 1 rings (SSSR count). The Morgan fingerprint density at radius 1 is 1.36 bits per heavy atom. The lowest BCUT2D eigenvalue weighted by Crippen LogP contribution is -2.10. The summed E-state index contributed by atoms with van der Waals surface area (Å²) in [6.07, 6.45) is 0. The summed E-state index contributed by atoms with van der Waals surface area (Å²) in [5.41, 5.74) is -0.623. The van der Waals surface area contributed by atoms with Crippen LogP contribution < -0.4 is 9.47 Å². The number of hydrogen-bond donors (Lipinski definition) is 1. The highest BCUT2D eigenvalue weighted by Gasteiger charge is 2.23. The van der Waals surface area contributed by atoms with Gasteiger partial charge in [0.25, 0.3) is 0 Å². The number of esters is 2. The fourth-order valence-corrected chi connectivity index (χ4v) is 1.65. The van der Waals surface area contributed by atoms with Gasteiger partial charge in [0.2, 0.25) is 0 Å². The van der Waals surface area contributed by atoms with E-state index in [0.29, 0.717) is 0 Å². The molecule has 0 atom stereocenters. The first-order valence-corrected chi connectivity index (χ1v) is 6.32. The number of aliphatic hydroxyl groups excluding tert-OH is 1. The van der Waals surface area contributed by atoms with E-state index in [9.17, 15) is 14.7 Å². The Bertz CT molecular complexity index is 656. The van der Waals surface area contributed by atoms with Gasteiger partial charge in [0.1, 0.15) is 6.07 Å². The molecule has 1 N–H and O–H groups in total. The molecular formula is C15H15NO6. The lowest BCUT2D eigenvalue weighted by molar-refractivity contribution is -0.138. The van der Waals surface area contributed by atoms with E-state index in [1.54, 1.807) is 13.0 Å². The first-order chi connectivity index (χ1) is 10.5. The monoisotopic (exact) mass is 305 g/mol. The zero-order valence-electron chi connectivity index (χ0n) is 12.4. The lowest BCUT2D eigenvalue weighted by atomic mass is 10.1. The third-order valence-electron chi connectivity index (χ3n) is 2.53. The van der Waals surface area contributed by atoms with Crippen molar-refractivity contribution in [2.45, 2.75) is 13.8 Å². The first kappa shape index (κ1) is 17.0. The number of hydrogen-bond acceptors (Lipinski definition) is 7. The molecule has 0 saturated heterocycles. The zero-order chi connectivity index (χ0) is 16.7. The molecular weight excluding hydrogens is 290 g/mol. The molecule has 7 nitrogen and oxygen atoms in total. The normalized spacial score (nSPS) is 11.0. The van der Waals surface area contributed by atoms with E-state index in [0.717, 1.165) is 0 Å². The summed E-state index contributed by atoms with van der Waals surface area (Å²) in [5.74, 6) is -2.20. The van der Waals surface area contributed by atoms with Crippen LogP contribution in [0.15, 0.2) is 23.8 Å². The second kappa shape index (κ2) is 7.69. The number of nitrogens with zero attached hydrogens (tertiary/aromatic N) is 1. The van der Waals surface area contributed by atoms with E-state index >= 15 is 0 Å². The van der Waals surface area contributed by atoms with Crippen molar-refractivity contribution in [1.82, 2.24) is 0 Å². The standard InChI is InChI=1S/C15H15NO6/c1-4-21-15(19)11(8-16)13(18)10-6-5-7-12(20-3)14(10)22-9(2)17/h5-7,18H,4H2,1-3H3/b13-11-. The molecule has 0 aliphatic rings. The molecule has 0 aliphatic heterocycles. The van der Waals surface area contributed by atoms with Crippen LogP contribution in [0.3, 0.4) is 0 Å². The Morgan fingerprint density at radius 3 is 2.55 bits per heavy atom. The Hall–Kier alpha value is -3.01. The number of carbonyl (C=O) groups excluding carboxylic acids is 2. The number of carbonyl (C=O) groups is 2. The largest absolute Gasteiger partial charge is 0.506 e. The molecule has 0 aliphatic carbocycles. The Kier molecular flexibility index (Phi) is 5.96. The summed E-state index contributed by atoms with van der Waals surface area (Å²) in [7, 11) is 1.35. The van der Waals surface area contributed by atoms with Gasteiger partial charge in [-0.3, -0.25) is 4.79 Å². The number of benzene rings is 1. The third kappa shape index (κ3) is 3.76. The second-order valence-corrected chi connectivity index (χ2v) is 3.99. The number of ether oxygens (including phenoxy) is 3. The molecule has 0 amide bonds. The van der Waals surface area contributed by atoms with Crippen LogP contribution in [-0.2, 0) is 14.3 Å². The molecule has 0 spiro atoms. The minimum atomic E-state index is -0.973. The maximum atomic E-state index is 11.7. The van der Waals surface area contributed by atoms with Crippen molar-refractivity contribution < 1.29 is 28.9 Å². The van der Waals surface area contributed by atoms with E-state index in [1.165, 1.54) is 32.2 Å². The third-order valence-corrected chi connectivity index (χ3v) is 2.53.